The lowest BCUT2D eigenvalue weighted by atomic mass is 10.0. The van der Waals surface area contributed by atoms with E-state index in [1.165, 1.54) is 4.90 Å². The van der Waals surface area contributed by atoms with Crippen molar-refractivity contribution in [1.82, 2.24) is 10.2 Å². The molecule has 3 rings (SSSR count). The van der Waals surface area contributed by atoms with Gasteiger partial charge < -0.3 is 10.2 Å². The van der Waals surface area contributed by atoms with Crippen LogP contribution in [0.5, 0.6) is 0 Å². The van der Waals surface area contributed by atoms with Crippen LogP contribution in [0.4, 0.5) is 5.69 Å². The van der Waals surface area contributed by atoms with E-state index in [2.05, 4.69) is 5.32 Å². The van der Waals surface area contributed by atoms with E-state index in [1.807, 2.05) is 88.4 Å². The Kier molecular flexibility index (Phi) is 10.3. The third-order valence-electron chi connectivity index (χ3n) is 6.36. The molecule has 1 N–H and O–H groups in total. The zero-order valence-electron chi connectivity index (χ0n) is 23.4. The number of benzene rings is 3. The molecule has 0 aromatic heterocycles. The van der Waals surface area contributed by atoms with Crippen molar-refractivity contribution in [2.24, 2.45) is 5.92 Å². The third kappa shape index (κ3) is 8.96. The van der Waals surface area contributed by atoms with E-state index in [0.29, 0.717) is 18.7 Å². The molecule has 3 aromatic carbocycles. The molecule has 0 heterocycles. The van der Waals surface area contributed by atoms with Gasteiger partial charge in [-0.2, -0.15) is 0 Å². The summed E-state index contributed by atoms with van der Waals surface area (Å²) in [4.78, 5) is 29.2. The number of amides is 2. The fourth-order valence-electron chi connectivity index (χ4n) is 4.38. The molecule has 208 valence electrons. The lowest BCUT2D eigenvalue weighted by Gasteiger charge is -2.33. The second-order valence-corrected chi connectivity index (χ2v) is 12.4. The van der Waals surface area contributed by atoms with E-state index in [1.54, 1.807) is 18.2 Å². The molecule has 0 bridgehead atoms. The highest BCUT2D eigenvalue weighted by Gasteiger charge is 2.33. The molecular formula is C31H39N3O4S. The van der Waals surface area contributed by atoms with Gasteiger partial charge >= 0.3 is 0 Å². The van der Waals surface area contributed by atoms with Gasteiger partial charge in [-0.3, -0.25) is 13.9 Å². The van der Waals surface area contributed by atoms with E-state index >= 15 is 0 Å². The van der Waals surface area contributed by atoms with Crippen LogP contribution in [0.2, 0.25) is 0 Å². The summed E-state index contributed by atoms with van der Waals surface area (Å²) in [7, 11) is -3.78. The molecule has 39 heavy (non-hydrogen) atoms. The summed E-state index contributed by atoms with van der Waals surface area (Å²) in [6.45, 7) is 8.06. The largest absolute Gasteiger partial charge is 0.354 e. The first-order valence-corrected chi connectivity index (χ1v) is 15.0. The number of nitrogens with zero attached hydrogens (tertiary/aromatic N) is 2. The fourth-order valence-corrected chi connectivity index (χ4v) is 5.22. The van der Waals surface area contributed by atoms with E-state index in [9.17, 15) is 18.0 Å². The lowest BCUT2D eigenvalue weighted by Crippen LogP contribution is -2.53. The average Bonchev–Trinajstić information content (AvgIpc) is 2.87. The number of carbonyl (C=O) groups excluding carboxylic acids is 2. The predicted octanol–water partition coefficient (Wildman–Crippen LogP) is 4.48. The van der Waals surface area contributed by atoms with Crippen LogP contribution in [0, 0.1) is 19.8 Å². The SMILES string of the molecule is Cc1cccc(CN(C(=O)CN(c2cccc(C)c2)S(C)(=O)=O)[C@H](Cc2ccccc2)C(=O)NCC(C)C)c1. The second kappa shape index (κ2) is 13.4. The molecule has 0 saturated carbocycles. The Balaban J connectivity index is 2.05. The first kappa shape index (κ1) is 29.9. The minimum atomic E-state index is -3.78. The standard InChI is InChI=1S/C31H39N3O4S/c1-23(2)20-32-31(36)29(19-26-13-7-6-8-14-26)33(21-27-15-9-11-24(3)17-27)30(35)22-34(39(5,37)38)28-16-10-12-25(4)18-28/h6-18,23,29H,19-22H2,1-5H3,(H,32,36)/t29-/m1/s1. The number of hydrogen-bond acceptors (Lipinski definition) is 4. The van der Waals surface area contributed by atoms with E-state index < -0.39 is 28.5 Å². The van der Waals surface area contributed by atoms with Crippen LogP contribution >= 0.6 is 0 Å². The summed E-state index contributed by atoms with van der Waals surface area (Å²) in [6, 6.07) is 23.5. The lowest BCUT2D eigenvalue weighted by molar-refractivity contribution is -0.140. The number of rotatable bonds is 12. The molecule has 7 nitrogen and oxygen atoms in total. The summed E-state index contributed by atoms with van der Waals surface area (Å²) in [5.74, 6) is -0.492. The molecule has 8 heteroatoms. The Morgan fingerprint density at radius 2 is 1.46 bits per heavy atom. The highest BCUT2D eigenvalue weighted by molar-refractivity contribution is 7.92. The molecule has 0 fully saturated rings. The van der Waals surface area contributed by atoms with Crippen LogP contribution in [0.3, 0.4) is 0 Å². The third-order valence-corrected chi connectivity index (χ3v) is 7.50. The van der Waals surface area contributed by atoms with Crippen LogP contribution in [0.1, 0.15) is 36.1 Å². The van der Waals surface area contributed by atoms with E-state index in [4.69, 9.17) is 0 Å². The van der Waals surface area contributed by atoms with Crippen LogP contribution in [-0.2, 0) is 32.6 Å². The molecule has 2 amide bonds. The van der Waals surface area contributed by atoms with Crippen LogP contribution in [0.25, 0.3) is 0 Å². The van der Waals surface area contributed by atoms with Gasteiger partial charge in [-0.05, 0) is 48.6 Å². The van der Waals surface area contributed by atoms with Crippen molar-refractivity contribution in [3.05, 3.63) is 101 Å². The number of hydrogen-bond donors (Lipinski definition) is 1. The zero-order valence-corrected chi connectivity index (χ0v) is 24.2. The summed E-state index contributed by atoms with van der Waals surface area (Å²) in [5.41, 5.74) is 4.08. The normalized spacial score (nSPS) is 12.2. The summed E-state index contributed by atoms with van der Waals surface area (Å²) < 4.78 is 26.8. The van der Waals surface area contributed by atoms with Crippen molar-refractivity contribution in [2.45, 2.75) is 46.7 Å². The molecule has 0 spiro atoms. The number of sulfonamides is 1. The molecule has 0 aliphatic rings. The van der Waals surface area contributed by atoms with Gasteiger partial charge in [0.25, 0.3) is 0 Å². The van der Waals surface area contributed by atoms with E-state index in [-0.39, 0.29) is 18.4 Å². The quantitative estimate of drug-likeness (QED) is 0.361. The van der Waals surface area contributed by atoms with Gasteiger partial charge in [0, 0.05) is 19.5 Å². The number of nitrogens with one attached hydrogen (secondary N) is 1. The molecule has 0 aliphatic carbocycles. The summed E-state index contributed by atoms with van der Waals surface area (Å²) >= 11 is 0. The minimum absolute atomic E-state index is 0.165. The molecule has 0 aliphatic heterocycles. The van der Waals surface area contributed by atoms with Gasteiger partial charge in [0.15, 0.2) is 0 Å². The molecule has 0 unspecified atom stereocenters. The van der Waals surface area contributed by atoms with Crippen LogP contribution in [-0.4, -0.2) is 50.5 Å². The topological polar surface area (TPSA) is 86.8 Å². The van der Waals surface area contributed by atoms with Crippen molar-refractivity contribution in [3.63, 3.8) is 0 Å². The molecule has 3 aromatic rings. The maximum absolute atomic E-state index is 14.1. The van der Waals surface area contributed by atoms with Gasteiger partial charge in [0.2, 0.25) is 21.8 Å². The Labute approximate surface area is 232 Å². The maximum Gasteiger partial charge on any atom is 0.244 e. The van der Waals surface area contributed by atoms with Crippen LogP contribution < -0.4 is 9.62 Å². The average molecular weight is 550 g/mol. The minimum Gasteiger partial charge on any atom is -0.354 e. The van der Waals surface area contributed by atoms with E-state index in [0.717, 1.165) is 32.8 Å². The second-order valence-electron chi connectivity index (χ2n) is 10.5. The number of aryl methyl sites for hydroxylation is 2. The smallest absolute Gasteiger partial charge is 0.244 e. The van der Waals surface area contributed by atoms with Crippen molar-refractivity contribution in [1.29, 1.82) is 0 Å². The monoisotopic (exact) mass is 549 g/mol. The molecule has 0 radical (unpaired) electrons. The highest BCUT2D eigenvalue weighted by Crippen LogP contribution is 2.21. The van der Waals surface area contributed by atoms with Gasteiger partial charge in [0.1, 0.15) is 12.6 Å². The Bertz CT molecular complexity index is 1370. The van der Waals surface area contributed by atoms with Gasteiger partial charge in [-0.15, -0.1) is 0 Å². The molecular weight excluding hydrogens is 510 g/mol. The Morgan fingerprint density at radius 3 is 2.05 bits per heavy atom. The van der Waals surface area contributed by atoms with Crippen molar-refractivity contribution in [2.75, 3.05) is 23.7 Å². The van der Waals surface area contributed by atoms with Crippen molar-refractivity contribution in [3.8, 4) is 0 Å². The first-order valence-electron chi connectivity index (χ1n) is 13.1. The van der Waals surface area contributed by atoms with Gasteiger partial charge in [-0.1, -0.05) is 86.1 Å². The van der Waals surface area contributed by atoms with Gasteiger partial charge in [-0.25, -0.2) is 8.42 Å². The Morgan fingerprint density at radius 1 is 0.846 bits per heavy atom. The predicted molar refractivity (Wildman–Crippen MR) is 157 cm³/mol. The summed E-state index contributed by atoms with van der Waals surface area (Å²) in [6.07, 6.45) is 1.38. The van der Waals surface area contributed by atoms with Crippen molar-refractivity contribution < 1.29 is 18.0 Å². The zero-order chi connectivity index (χ0) is 28.6. The molecule has 1 atom stereocenters. The van der Waals surface area contributed by atoms with Crippen molar-refractivity contribution >= 4 is 27.5 Å². The maximum atomic E-state index is 14.1. The Hall–Kier alpha value is -3.65. The number of anilines is 1. The number of carbonyl (C=O) groups is 2. The molecule has 0 saturated heterocycles. The van der Waals surface area contributed by atoms with Gasteiger partial charge in [0.05, 0.1) is 11.9 Å². The fraction of sp³-hybridized carbons (Fsp3) is 0.355. The van der Waals surface area contributed by atoms with Crippen LogP contribution in [0.15, 0.2) is 78.9 Å². The summed E-state index contributed by atoms with van der Waals surface area (Å²) in [5, 5.41) is 2.99. The first-order chi connectivity index (χ1) is 18.4. The highest BCUT2D eigenvalue weighted by atomic mass is 32.2.